The Kier molecular flexibility index (Phi) is 5.28. The summed E-state index contributed by atoms with van der Waals surface area (Å²) >= 11 is 8.40. The van der Waals surface area contributed by atoms with Gasteiger partial charge in [0.2, 0.25) is 0 Å². The van der Waals surface area contributed by atoms with Gasteiger partial charge in [-0.3, -0.25) is 4.79 Å². The highest BCUT2D eigenvalue weighted by Crippen LogP contribution is 2.37. The smallest absolute Gasteiger partial charge is 0.303 e. The third-order valence-electron chi connectivity index (χ3n) is 2.87. The molecule has 1 unspecified atom stereocenters. The Balaban J connectivity index is 2.22. The number of hydrogen-bond acceptors (Lipinski definition) is 5. The topological polar surface area (TPSA) is 80.9 Å². The summed E-state index contributed by atoms with van der Waals surface area (Å²) in [4.78, 5) is 11.8. The average molecular weight is 424 g/mol. The van der Waals surface area contributed by atoms with Gasteiger partial charge in [-0.05, 0) is 54.3 Å². The number of halogens is 2. The van der Waals surface area contributed by atoms with Crippen LogP contribution in [-0.2, 0) is 11.3 Å². The van der Waals surface area contributed by atoms with E-state index >= 15 is 0 Å². The van der Waals surface area contributed by atoms with E-state index in [4.69, 9.17) is 5.11 Å². The molecule has 0 aliphatic heterocycles. The van der Waals surface area contributed by atoms with E-state index in [0.717, 1.165) is 19.6 Å². The number of carbonyl (C=O) groups is 1. The number of aliphatic carboxylic acids is 1. The highest BCUT2D eigenvalue weighted by atomic mass is 79.9. The normalized spacial score (nSPS) is 12.6. The predicted octanol–water partition coefficient (Wildman–Crippen LogP) is 3.43. The van der Waals surface area contributed by atoms with Crippen LogP contribution in [0.1, 0.15) is 19.8 Å². The molecule has 108 valence electrons. The number of rotatable bonds is 6. The van der Waals surface area contributed by atoms with Crippen LogP contribution in [0.5, 0.6) is 0 Å². The summed E-state index contributed by atoms with van der Waals surface area (Å²) < 4.78 is 3.59. The molecule has 9 heteroatoms. The minimum absolute atomic E-state index is 0.0154. The minimum atomic E-state index is -0.798. The van der Waals surface area contributed by atoms with Crippen LogP contribution in [-0.4, -0.2) is 31.3 Å². The summed E-state index contributed by atoms with van der Waals surface area (Å²) in [6, 6.07) is 1.94. The van der Waals surface area contributed by atoms with Gasteiger partial charge in [0.05, 0.1) is 8.66 Å². The zero-order valence-electron chi connectivity index (χ0n) is 10.6. The molecule has 0 amide bonds. The largest absolute Gasteiger partial charge is 0.481 e. The van der Waals surface area contributed by atoms with Crippen LogP contribution in [0.2, 0.25) is 0 Å². The van der Waals surface area contributed by atoms with Gasteiger partial charge >= 0.3 is 5.97 Å². The van der Waals surface area contributed by atoms with Crippen LogP contribution in [0.25, 0.3) is 10.7 Å². The molecule has 1 atom stereocenters. The number of hydrogen-bond donors (Lipinski definition) is 1. The van der Waals surface area contributed by atoms with Crippen LogP contribution in [0.3, 0.4) is 0 Å². The van der Waals surface area contributed by atoms with E-state index < -0.39 is 5.97 Å². The predicted molar refractivity (Wildman–Crippen MR) is 82.6 cm³/mol. The first-order chi connectivity index (χ1) is 9.51. The van der Waals surface area contributed by atoms with Crippen molar-refractivity contribution >= 4 is 49.2 Å². The van der Waals surface area contributed by atoms with Crippen molar-refractivity contribution in [1.29, 1.82) is 0 Å². The molecule has 0 radical (unpaired) electrons. The maximum atomic E-state index is 10.8. The van der Waals surface area contributed by atoms with Gasteiger partial charge in [-0.1, -0.05) is 13.3 Å². The first-order valence-corrected chi connectivity index (χ1v) is 8.34. The molecule has 0 aliphatic carbocycles. The molecular weight excluding hydrogens is 412 g/mol. The van der Waals surface area contributed by atoms with Crippen molar-refractivity contribution in [2.24, 2.45) is 5.92 Å². The van der Waals surface area contributed by atoms with Crippen LogP contribution in [0.15, 0.2) is 14.3 Å². The van der Waals surface area contributed by atoms with Gasteiger partial charge in [-0.15, -0.1) is 16.4 Å². The van der Waals surface area contributed by atoms with Crippen molar-refractivity contribution in [2.45, 2.75) is 26.3 Å². The van der Waals surface area contributed by atoms with E-state index in [9.17, 15) is 4.79 Å². The van der Waals surface area contributed by atoms with Crippen molar-refractivity contribution in [3.63, 3.8) is 0 Å². The number of carboxylic acids is 1. The Morgan fingerprint density at radius 3 is 2.85 bits per heavy atom. The molecule has 2 heterocycles. The van der Waals surface area contributed by atoms with Crippen LogP contribution < -0.4 is 0 Å². The Bertz CT molecular complexity index is 594. The van der Waals surface area contributed by atoms with E-state index in [-0.39, 0.29) is 12.3 Å². The lowest BCUT2D eigenvalue weighted by Crippen LogP contribution is -2.16. The first kappa shape index (κ1) is 15.6. The lowest BCUT2D eigenvalue weighted by atomic mass is 10.0. The van der Waals surface area contributed by atoms with Gasteiger partial charge in [0.1, 0.15) is 0 Å². The number of aromatic nitrogens is 4. The molecular formula is C11H12Br2N4O2S. The minimum Gasteiger partial charge on any atom is -0.481 e. The van der Waals surface area contributed by atoms with Crippen LogP contribution in [0.4, 0.5) is 0 Å². The fourth-order valence-corrected chi connectivity index (χ4v) is 3.82. The molecule has 0 spiro atoms. The summed E-state index contributed by atoms with van der Waals surface area (Å²) in [6.45, 7) is 2.47. The molecule has 0 saturated heterocycles. The van der Waals surface area contributed by atoms with E-state index in [1.165, 1.54) is 11.3 Å². The van der Waals surface area contributed by atoms with Gasteiger partial charge < -0.3 is 5.11 Å². The van der Waals surface area contributed by atoms with Crippen molar-refractivity contribution in [3.05, 3.63) is 14.3 Å². The molecule has 2 rings (SSSR count). The number of nitrogens with zero attached hydrogens (tertiary/aromatic N) is 4. The molecule has 0 bridgehead atoms. The van der Waals surface area contributed by atoms with Crippen molar-refractivity contribution in [1.82, 2.24) is 20.2 Å². The second-order valence-corrected chi connectivity index (χ2v) is 7.51. The van der Waals surface area contributed by atoms with Crippen LogP contribution >= 0.6 is 43.2 Å². The molecule has 6 nitrogen and oxygen atoms in total. The summed E-state index contributed by atoms with van der Waals surface area (Å²) in [6.07, 6.45) is 0.886. The first-order valence-electron chi connectivity index (χ1n) is 5.94. The average Bonchev–Trinajstić information content (AvgIpc) is 2.96. The maximum absolute atomic E-state index is 10.8. The molecule has 20 heavy (non-hydrogen) atoms. The summed E-state index contributed by atoms with van der Waals surface area (Å²) in [5.74, 6) is -0.125. The monoisotopic (exact) mass is 422 g/mol. The number of carboxylic acid groups (broad SMARTS) is 1. The second-order valence-electron chi connectivity index (χ2n) is 4.29. The van der Waals surface area contributed by atoms with Gasteiger partial charge in [0.25, 0.3) is 0 Å². The SMILES string of the molecule is CCC(CC(=O)O)Cn1nnnc1-c1cc(Br)c(Br)s1. The molecule has 0 aliphatic rings. The number of thiophene rings is 1. The fraction of sp³-hybridized carbons (Fsp3) is 0.455. The third kappa shape index (κ3) is 3.64. The molecule has 0 saturated carbocycles. The zero-order valence-corrected chi connectivity index (χ0v) is 14.6. The summed E-state index contributed by atoms with van der Waals surface area (Å²) in [5, 5.41) is 20.6. The highest BCUT2D eigenvalue weighted by Gasteiger charge is 2.18. The molecule has 1 N–H and O–H groups in total. The fourth-order valence-electron chi connectivity index (χ4n) is 1.79. The molecule has 0 fully saturated rings. The summed E-state index contributed by atoms with van der Waals surface area (Å²) in [7, 11) is 0. The van der Waals surface area contributed by atoms with Gasteiger partial charge in [-0.25, -0.2) is 4.68 Å². The molecule has 0 aromatic carbocycles. The van der Waals surface area contributed by atoms with Gasteiger partial charge in [0.15, 0.2) is 5.82 Å². The van der Waals surface area contributed by atoms with Crippen molar-refractivity contribution < 1.29 is 9.90 Å². The van der Waals surface area contributed by atoms with Crippen LogP contribution in [0, 0.1) is 5.92 Å². The van der Waals surface area contributed by atoms with Gasteiger partial charge in [-0.2, -0.15) is 0 Å². The van der Waals surface area contributed by atoms with E-state index in [0.29, 0.717) is 12.4 Å². The Labute approximate surface area is 136 Å². The zero-order chi connectivity index (χ0) is 14.7. The van der Waals surface area contributed by atoms with E-state index in [2.05, 4.69) is 47.4 Å². The van der Waals surface area contributed by atoms with Crippen molar-refractivity contribution in [3.8, 4) is 10.7 Å². The Hall–Kier alpha value is -0.800. The van der Waals surface area contributed by atoms with E-state index in [1.807, 2.05) is 13.0 Å². The lowest BCUT2D eigenvalue weighted by molar-refractivity contribution is -0.138. The highest BCUT2D eigenvalue weighted by molar-refractivity contribution is 9.13. The molecule has 2 aromatic rings. The Morgan fingerprint density at radius 2 is 2.30 bits per heavy atom. The lowest BCUT2D eigenvalue weighted by Gasteiger charge is -2.12. The number of tetrazole rings is 1. The second kappa shape index (κ2) is 6.77. The molecule has 2 aromatic heterocycles. The quantitative estimate of drug-likeness (QED) is 0.769. The summed E-state index contributed by atoms with van der Waals surface area (Å²) in [5.41, 5.74) is 0. The standard InChI is InChI=1S/C11H12Br2N4O2S/c1-2-6(3-9(18)19)5-17-11(14-15-16-17)8-4-7(12)10(13)20-8/h4,6H,2-3,5H2,1H3,(H,18,19). The van der Waals surface area contributed by atoms with Crippen molar-refractivity contribution in [2.75, 3.05) is 0 Å². The maximum Gasteiger partial charge on any atom is 0.303 e. The van der Waals surface area contributed by atoms with Gasteiger partial charge in [0, 0.05) is 17.4 Å². The van der Waals surface area contributed by atoms with E-state index in [1.54, 1.807) is 4.68 Å². The third-order valence-corrected chi connectivity index (χ3v) is 6.12. The Morgan fingerprint density at radius 1 is 1.55 bits per heavy atom.